The Morgan fingerprint density at radius 2 is 1.76 bits per heavy atom. The van der Waals surface area contributed by atoms with E-state index in [-0.39, 0.29) is 17.9 Å². The van der Waals surface area contributed by atoms with Crippen LogP contribution in [0.25, 0.3) is 32.9 Å². The monoisotopic (exact) mass is 516 g/mol. The lowest BCUT2D eigenvalue weighted by Gasteiger charge is -2.33. The van der Waals surface area contributed by atoms with Crippen molar-refractivity contribution in [2.24, 2.45) is 11.8 Å². The van der Waals surface area contributed by atoms with Crippen molar-refractivity contribution in [3.63, 3.8) is 0 Å². The van der Waals surface area contributed by atoms with Crippen molar-refractivity contribution in [3.05, 3.63) is 59.6 Å². The Balaban J connectivity index is 1.48. The predicted octanol–water partition coefficient (Wildman–Crippen LogP) is 7.58. The number of fused-ring (bicyclic) bond motifs is 1. The first-order valence-corrected chi connectivity index (χ1v) is 13.7. The van der Waals surface area contributed by atoms with E-state index < -0.39 is 5.97 Å². The normalized spacial score (nSPS) is 17.8. The molecule has 0 radical (unpaired) electrons. The van der Waals surface area contributed by atoms with Gasteiger partial charge in [-0.25, -0.2) is 4.79 Å². The molecular formula is C30H32N2O4S. The molecule has 0 aliphatic heterocycles. The Kier molecular flexibility index (Phi) is 7.15. The van der Waals surface area contributed by atoms with Gasteiger partial charge in [0.2, 0.25) is 5.91 Å². The quantitative estimate of drug-likeness (QED) is 0.247. The molecule has 192 valence electrons. The fraction of sp³-hybridized carbons (Fsp3) is 0.367. The number of esters is 1. The third kappa shape index (κ3) is 5.05. The molecule has 0 atom stereocenters. The van der Waals surface area contributed by atoms with E-state index in [9.17, 15) is 9.59 Å². The Morgan fingerprint density at radius 1 is 1.05 bits per heavy atom. The van der Waals surface area contributed by atoms with E-state index in [0.29, 0.717) is 16.5 Å². The number of nitrogens with zero attached hydrogens (tertiary/aromatic N) is 2. The maximum Gasteiger partial charge on any atom is 0.350 e. The van der Waals surface area contributed by atoms with Crippen LogP contribution in [-0.4, -0.2) is 30.0 Å². The van der Waals surface area contributed by atoms with Crippen molar-refractivity contribution in [1.29, 1.82) is 0 Å². The summed E-state index contributed by atoms with van der Waals surface area (Å²) in [7, 11) is 1.38. The summed E-state index contributed by atoms with van der Waals surface area (Å²) in [6.45, 7) is 6.25. The average Bonchev–Trinajstić information content (AvgIpc) is 3.54. The summed E-state index contributed by atoms with van der Waals surface area (Å²) in [5.74, 6) is 1.08. The van der Waals surface area contributed by atoms with Crippen molar-refractivity contribution in [1.82, 2.24) is 4.98 Å². The molecule has 1 aliphatic carbocycles. The molecule has 3 aromatic heterocycles. The topological polar surface area (TPSA) is 72.6 Å². The Labute approximate surface area is 221 Å². The van der Waals surface area contributed by atoms with Crippen molar-refractivity contribution >= 4 is 40.0 Å². The standard InChI is InChI=1S/C30H32N2O4S/c1-18(2)32(29(33)22-9-7-19(3)8-10-22)24-17-27(37-28(24)30(34)35-4)21-13-11-20(12-14-21)26-16-23-25(36-26)6-5-15-31-23/h5-6,11-19,22H,7-10H2,1-4H3. The number of hydrogen-bond donors (Lipinski definition) is 0. The van der Waals surface area contributed by atoms with Crippen molar-refractivity contribution in [3.8, 4) is 21.8 Å². The number of ether oxygens (including phenoxy) is 1. The van der Waals surface area contributed by atoms with Crippen LogP contribution < -0.4 is 4.90 Å². The van der Waals surface area contributed by atoms with Crippen LogP contribution in [0.5, 0.6) is 0 Å². The number of furan rings is 1. The zero-order chi connectivity index (χ0) is 26.1. The molecule has 1 saturated carbocycles. The summed E-state index contributed by atoms with van der Waals surface area (Å²) >= 11 is 1.36. The van der Waals surface area contributed by atoms with Gasteiger partial charge in [-0.05, 0) is 69.2 Å². The third-order valence-corrected chi connectivity index (χ3v) is 8.36. The largest absolute Gasteiger partial charge is 0.465 e. The van der Waals surface area contributed by atoms with Gasteiger partial charge in [-0.2, -0.15) is 0 Å². The van der Waals surface area contributed by atoms with Crippen molar-refractivity contribution < 1.29 is 18.7 Å². The van der Waals surface area contributed by atoms with Gasteiger partial charge < -0.3 is 14.1 Å². The van der Waals surface area contributed by atoms with Crippen molar-refractivity contribution in [2.75, 3.05) is 12.0 Å². The zero-order valence-electron chi connectivity index (χ0n) is 21.7. The highest BCUT2D eigenvalue weighted by Crippen LogP contribution is 2.41. The Bertz CT molecular complexity index is 1380. The molecule has 1 aromatic carbocycles. The first kappa shape index (κ1) is 25.2. The lowest BCUT2D eigenvalue weighted by atomic mass is 9.82. The molecule has 1 aliphatic rings. The summed E-state index contributed by atoms with van der Waals surface area (Å²) in [4.78, 5) is 34.0. The number of carbonyl (C=O) groups is 2. The minimum absolute atomic E-state index is 0.00923. The second kappa shape index (κ2) is 10.5. The summed E-state index contributed by atoms with van der Waals surface area (Å²) in [5.41, 5.74) is 4.10. The maximum absolute atomic E-state index is 13.7. The van der Waals surface area contributed by atoms with E-state index in [2.05, 4.69) is 11.9 Å². The van der Waals surface area contributed by atoms with Gasteiger partial charge in [0.15, 0.2) is 5.58 Å². The number of amides is 1. The molecule has 6 nitrogen and oxygen atoms in total. The van der Waals surface area contributed by atoms with Crippen LogP contribution in [0.1, 0.15) is 56.1 Å². The molecule has 37 heavy (non-hydrogen) atoms. The number of carbonyl (C=O) groups excluding carboxylic acids is 2. The van der Waals surface area contributed by atoms with Gasteiger partial charge in [-0.15, -0.1) is 11.3 Å². The van der Waals surface area contributed by atoms with Crippen LogP contribution in [0.15, 0.2) is 59.1 Å². The van der Waals surface area contributed by atoms with Crippen molar-refractivity contribution in [2.45, 2.75) is 52.5 Å². The third-order valence-electron chi connectivity index (χ3n) is 7.20. The molecule has 3 heterocycles. The fourth-order valence-corrected chi connectivity index (χ4v) is 6.18. The van der Waals surface area contributed by atoms with E-state index >= 15 is 0 Å². The van der Waals surface area contributed by atoms with Gasteiger partial charge in [0.25, 0.3) is 0 Å². The smallest absolute Gasteiger partial charge is 0.350 e. The van der Waals surface area contributed by atoms with E-state index in [0.717, 1.165) is 58.5 Å². The summed E-state index contributed by atoms with van der Waals surface area (Å²) < 4.78 is 11.1. The van der Waals surface area contributed by atoms with Gasteiger partial charge in [0.1, 0.15) is 16.2 Å². The first-order chi connectivity index (χ1) is 17.9. The average molecular weight is 517 g/mol. The van der Waals surface area contributed by atoms with Crippen LogP contribution >= 0.6 is 11.3 Å². The SMILES string of the molecule is COC(=O)c1sc(-c2ccc(-c3cc4ncccc4o3)cc2)cc1N(C(=O)C1CCC(C)CC1)C(C)C. The number of anilines is 1. The Hall–Kier alpha value is -3.45. The second-order valence-electron chi connectivity index (χ2n) is 10.2. The molecule has 5 rings (SSSR count). The molecule has 1 amide bonds. The molecular weight excluding hydrogens is 484 g/mol. The number of benzene rings is 1. The van der Waals surface area contributed by atoms with Crippen LogP contribution in [0.4, 0.5) is 5.69 Å². The Morgan fingerprint density at radius 3 is 2.41 bits per heavy atom. The minimum atomic E-state index is -0.423. The summed E-state index contributed by atoms with van der Waals surface area (Å²) in [6, 6.07) is 15.6. The number of thiophene rings is 1. The van der Waals surface area contributed by atoms with Crippen LogP contribution in [0, 0.1) is 11.8 Å². The first-order valence-electron chi connectivity index (χ1n) is 12.9. The van der Waals surface area contributed by atoms with Gasteiger partial charge in [-0.1, -0.05) is 31.2 Å². The lowest BCUT2D eigenvalue weighted by Crippen LogP contribution is -2.42. The van der Waals surface area contributed by atoms with Gasteiger partial charge in [0, 0.05) is 34.7 Å². The maximum atomic E-state index is 13.7. The number of aromatic nitrogens is 1. The molecule has 0 unspecified atom stereocenters. The van der Waals surface area contributed by atoms with Crippen LogP contribution in [0.2, 0.25) is 0 Å². The predicted molar refractivity (Wildman–Crippen MR) is 148 cm³/mol. The number of pyridine rings is 1. The molecule has 0 saturated heterocycles. The summed E-state index contributed by atoms with van der Waals surface area (Å²) in [6.07, 6.45) is 5.67. The highest BCUT2D eigenvalue weighted by atomic mass is 32.1. The zero-order valence-corrected chi connectivity index (χ0v) is 22.5. The van der Waals surface area contributed by atoms with Gasteiger partial charge in [0.05, 0.1) is 12.8 Å². The molecule has 1 fully saturated rings. The second-order valence-corrected chi connectivity index (χ2v) is 11.2. The number of rotatable bonds is 6. The summed E-state index contributed by atoms with van der Waals surface area (Å²) in [5, 5.41) is 0. The number of hydrogen-bond acceptors (Lipinski definition) is 6. The van der Waals surface area contributed by atoms with Crippen LogP contribution in [0.3, 0.4) is 0 Å². The lowest BCUT2D eigenvalue weighted by molar-refractivity contribution is -0.123. The molecule has 0 bridgehead atoms. The van der Waals surface area contributed by atoms with E-state index in [1.807, 2.05) is 67.3 Å². The van der Waals surface area contributed by atoms with E-state index in [4.69, 9.17) is 9.15 Å². The highest BCUT2D eigenvalue weighted by molar-refractivity contribution is 7.18. The molecule has 7 heteroatoms. The molecule has 0 N–H and O–H groups in total. The van der Waals surface area contributed by atoms with E-state index in [1.54, 1.807) is 6.20 Å². The molecule has 0 spiro atoms. The van der Waals surface area contributed by atoms with E-state index in [1.165, 1.54) is 18.4 Å². The molecule has 4 aromatic rings. The number of methoxy groups -OCH3 is 1. The van der Waals surface area contributed by atoms with Gasteiger partial charge >= 0.3 is 5.97 Å². The fourth-order valence-electron chi connectivity index (χ4n) is 5.11. The van der Waals surface area contributed by atoms with Crippen LogP contribution in [-0.2, 0) is 9.53 Å². The highest BCUT2D eigenvalue weighted by Gasteiger charge is 2.33. The minimum Gasteiger partial charge on any atom is -0.465 e. The van der Waals surface area contributed by atoms with Gasteiger partial charge in [-0.3, -0.25) is 9.78 Å².